The minimum Gasteiger partial charge on any atom is -0.548 e. The maximum Gasteiger partial charge on any atom is 0.408 e. The van der Waals surface area contributed by atoms with Crippen LogP contribution >= 0.6 is 0 Å². The number of amides is 3. The third kappa shape index (κ3) is 11.3. The first-order valence-corrected chi connectivity index (χ1v) is 12.1. The van der Waals surface area contributed by atoms with E-state index in [1.165, 1.54) is 0 Å². The van der Waals surface area contributed by atoms with E-state index in [-0.39, 0.29) is 49.0 Å². The first-order chi connectivity index (χ1) is 15.1. The van der Waals surface area contributed by atoms with Crippen molar-refractivity contribution in [2.24, 2.45) is 5.73 Å². The Bertz CT molecular complexity index is 802. The number of carboxylic acid groups (broad SMARTS) is 1. The van der Waals surface area contributed by atoms with Gasteiger partial charge in [0.2, 0.25) is 11.8 Å². The van der Waals surface area contributed by atoms with Crippen molar-refractivity contribution in [3.63, 3.8) is 0 Å². The molecule has 11 heteroatoms. The molecule has 0 bridgehead atoms. The molecule has 4 N–H and O–H groups in total. The lowest BCUT2D eigenvalue weighted by Gasteiger charge is -2.23. The van der Waals surface area contributed by atoms with Crippen LogP contribution in [0.2, 0.25) is 0 Å². The number of aliphatic carboxylic acids is 1. The zero-order valence-electron chi connectivity index (χ0n) is 18.1. The first-order valence-electron chi connectivity index (χ1n) is 9.91. The smallest absolute Gasteiger partial charge is 0.408 e. The summed E-state index contributed by atoms with van der Waals surface area (Å²) in [4.78, 5) is 59.1. The number of primary amides is 1. The van der Waals surface area contributed by atoms with Gasteiger partial charge in [-0.25, -0.2) is 4.79 Å². The van der Waals surface area contributed by atoms with E-state index in [1.54, 1.807) is 30.3 Å². The molecule has 0 aliphatic carbocycles. The lowest BCUT2D eigenvalue weighted by Crippen LogP contribution is -2.54. The number of carboxylic acids is 1. The fraction of sp³-hybridized carbons (Fsp3) is 0.476. The predicted octanol–water partition coefficient (Wildman–Crippen LogP) is -0.991. The van der Waals surface area contributed by atoms with Crippen LogP contribution in [0.3, 0.4) is 0 Å². The Labute approximate surface area is 189 Å². The van der Waals surface area contributed by atoms with Crippen LogP contribution in [0, 0.1) is 0 Å². The number of carbonyl (C=O) groups is 5. The number of nitrogens with two attached hydrogens (primary N) is 1. The zero-order valence-corrected chi connectivity index (χ0v) is 18.9. The fourth-order valence-electron chi connectivity index (χ4n) is 2.68. The van der Waals surface area contributed by atoms with Crippen molar-refractivity contribution in [2.45, 2.75) is 44.4 Å². The predicted molar refractivity (Wildman–Crippen MR) is 117 cm³/mol. The van der Waals surface area contributed by atoms with E-state index >= 15 is 0 Å². The van der Waals surface area contributed by atoms with E-state index < -0.39 is 36.0 Å². The van der Waals surface area contributed by atoms with E-state index in [4.69, 9.17) is 10.5 Å². The zero-order chi connectivity index (χ0) is 24.1. The van der Waals surface area contributed by atoms with Gasteiger partial charge >= 0.3 is 6.09 Å². The molecule has 0 heterocycles. The number of nitrogens with one attached hydrogen (secondary N) is 2. The third-order valence-electron chi connectivity index (χ3n) is 4.26. The van der Waals surface area contributed by atoms with Gasteiger partial charge in [0.1, 0.15) is 12.6 Å². The number of Topliss-reactive ketones (excluding diaryl/α,β-unsaturated/α-hetero) is 1. The SMILES string of the molecule is C[S+](C)CC(=O)CCC(NC(=O)C(CCC(N)=O)NC(=O)OCc1ccccc1)C(=O)[O-]. The quantitative estimate of drug-likeness (QED) is 0.295. The second kappa shape index (κ2) is 14.1. The lowest BCUT2D eigenvalue weighted by molar-refractivity contribution is -0.308. The summed E-state index contributed by atoms with van der Waals surface area (Å²) in [6.45, 7) is -0.0445. The molecule has 1 aromatic carbocycles. The third-order valence-corrected chi connectivity index (χ3v) is 5.16. The second-order valence-corrected chi connectivity index (χ2v) is 9.61. The first kappa shape index (κ1) is 27.0. The fourth-order valence-corrected chi connectivity index (χ4v) is 3.47. The Kier molecular flexibility index (Phi) is 11.9. The van der Waals surface area contributed by atoms with Crippen LogP contribution in [-0.2, 0) is 41.4 Å². The van der Waals surface area contributed by atoms with Crippen LogP contribution < -0.4 is 21.5 Å². The van der Waals surface area contributed by atoms with Crippen molar-refractivity contribution >= 4 is 40.6 Å². The molecule has 32 heavy (non-hydrogen) atoms. The van der Waals surface area contributed by atoms with Crippen molar-refractivity contribution in [2.75, 3.05) is 18.3 Å². The molecule has 0 aliphatic rings. The molecule has 176 valence electrons. The van der Waals surface area contributed by atoms with Gasteiger partial charge < -0.3 is 31.0 Å². The number of benzene rings is 1. The molecule has 1 aromatic rings. The Balaban J connectivity index is 2.71. The molecule has 0 saturated carbocycles. The Morgan fingerprint density at radius 2 is 1.62 bits per heavy atom. The average Bonchev–Trinajstić information content (AvgIpc) is 2.72. The molecular weight excluding hydrogens is 438 g/mol. The second-order valence-electron chi connectivity index (χ2n) is 7.35. The van der Waals surface area contributed by atoms with Crippen LogP contribution in [0.4, 0.5) is 4.79 Å². The van der Waals surface area contributed by atoms with Gasteiger partial charge in [-0.3, -0.25) is 14.4 Å². The van der Waals surface area contributed by atoms with Gasteiger partial charge in [0, 0.05) is 12.8 Å². The van der Waals surface area contributed by atoms with Crippen LogP contribution in [0.15, 0.2) is 30.3 Å². The molecule has 0 fully saturated rings. The highest BCUT2D eigenvalue weighted by Crippen LogP contribution is 2.05. The summed E-state index contributed by atoms with van der Waals surface area (Å²) < 4.78 is 5.07. The van der Waals surface area contributed by atoms with E-state index in [9.17, 15) is 29.1 Å². The highest BCUT2D eigenvalue weighted by Gasteiger charge is 2.25. The molecule has 3 amide bonds. The Hall–Kier alpha value is -3.08. The van der Waals surface area contributed by atoms with Crippen LogP contribution in [0.1, 0.15) is 31.2 Å². The maximum atomic E-state index is 12.6. The van der Waals surface area contributed by atoms with Gasteiger partial charge in [-0.2, -0.15) is 0 Å². The maximum absolute atomic E-state index is 12.6. The molecule has 10 nitrogen and oxygen atoms in total. The van der Waals surface area contributed by atoms with Crippen molar-refractivity contribution in [3.05, 3.63) is 35.9 Å². The Morgan fingerprint density at radius 3 is 2.19 bits per heavy atom. The molecular formula is C21H29N3O7S. The van der Waals surface area contributed by atoms with E-state index in [2.05, 4.69) is 10.6 Å². The van der Waals surface area contributed by atoms with Gasteiger partial charge in [-0.15, -0.1) is 0 Å². The molecule has 2 unspecified atom stereocenters. The summed E-state index contributed by atoms with van der Waals surface area (Å²) in [5.41, 5.74) is 5.85. The highest BCUT2D eigenvalue weighted by atomic mass is 32.2. The number of hydrogen-bond donors (Lipinski definition) is 3. The van der Waals surface area contributed by atoms with Crippen LogP contribution in [0.25, 0.3) is 0 Å². The van der Waals surface area contributed by atoms with E-state index in [0.29, 0.717) is 5.75 Å². The molecule has 1 rings (SSSR count). The standard InChI is InChI=1S/C21H29N3O7S/c1-32(2)13-15(25)8-9-17(20(28)29)23-19(27)16(10-11-18(22)26)24-21(30)31-12-14-6-4-3-5-7-14/h3-7,16-17H,8-13H2,1-2H3,(H4-,22,23,24,26,27,28,29,30). The minimum absolute atomic E-state index is 0.0391. The van der Waals surface area contributed by atoms with Gasteiger partial charge in [0.15, 0.2) is 11.5 Å². The number of alkyl carbamates (subject to hydrolysis) is 1. The van der Waals surface area contributed by atoms with Crippen molar-refractivity contribution in [1.82, 2.24) is 10.6 Å². The number of carbonyl (C=O) groups excluding carboxylic acids is 5. The summed E-state index contributed by atoms with van der Waals surface area (Å²) in [6.07, 6.45) is 2.30. The van der Waals surface area contributed by atoms with Gasteiger partial charge in [-0.1, -0.05) is 30.3 Å². The summed E-state index contributed by atoms with van der Waals surface area (Å²) in [7, 11) is -0.124. The van der Waals surface area contributed by atoms with E-state index in [0.717, 1.165) is 5.56 Å². The number of hydrogen-bond acceptors (Lipinski definition) is 7. The molecule has 0 aliphatic heterocycles. The summed E-state index contributed by atoms with van der Waals surface area (Å²) in [6, 6.07) is 6.14. The van der Waals surface area contributed by atoms with Crippen LogP contribution in [-0.4, -0.2) is 60.0 Å². The summed E-state index contributed by atoms with van der Waals surface area (Å²) in [5, 5.41) is 16.0. The Morgan fingerprint density at radius 1 is 1.00 bits per heavy atom. The topological polar surface area (TPSA) is 168 Å². The summed E-state index contributed by atoms with van der Waals surface area (Å²) in [5.74, 6) is -2.90. The lowest BCUT2D eigenvalue weighted by atomic mass is 10.1. The van der Waals surface area contributed by atoms with E-state index in [1.807, 2.05) is 12.5 Å². The monoisotopic (exact) mass is 467 g/mol. The largest absolute Gasteiger partial charge is 0.548 e. The summed E-state index contributed by atoms with van der Waals surface area (Å²) >= 11 is 0. The van der Waals surface area contributed by atoms with Crippen LogP contribution in [0.5, 0.6) is 0 Å². The van der Waals surface area contributed by atoms with Crippen molar-refractivity contribution in [3.8, 4) is 0 Å². The van der Waals surface area contributed by atoms with Crippen molar-refractivity contribution < 1.29 is 33.8 Å². The van der Waals surface area contributed by atoms with Gasteiger partial charge in [0.05, 0.1) is 24.5 Å². The van der Waals surface area contributed by atoms with Gasteiger partial charge in [-0.05, 0) is 29.3 Å². The van der Waals surface area contributed by atoms with Crippen molar-refractivity contribution in [1.29, 1.82) is 0 Å². The van der Waals surface area contributed by atoms with Gasteiger partial charge in [0.25, 0.3) is 0 Å². The minimum atomic E-state index is -1.56. The average molecular weight is 468 g/mol. The highest BCUT2D eigenvalue weighted by molar-refractivity contribution is 7.96. The molecule has 0 saturated heterocycles. The number of ketones is 1. The molecule has 0 spiro atoms. The molecule has 2 atom stereocenters. The molecule has 0 radical (unpaired) electrons. The normalized spacial score (nSPS) is 12.5. The molecule has 0 aromatic heterocycles. The number of ether oxygens (including phenoxy) is 1. The number of rotatable bonds is 14.